The van der Waals surface area contributed by atoms with Gasteiger partial charge in [0.2, 0.25) is 0 Å². The molecule has 0 unspecified atom stereocenters. The Morgan fingerprint density at radius 3 is 2.57 bits per heavy atom. The molecule has 0 amide bonds. The first-order chi connectivity index (χ1) is 20.1. The quantitative estimate of drug-likeness (QED) is 0.288. The fraction of sp³-hybridized carbons (Fsp3) is 0.467. The molecule has 0 spiro atoms. The van der Waals surface area contributed by atoms with E-state index in [1.54, 1.807) is 12.3 Å². The van der Waals surface area contributed by atoms with Gasteiger partial charge in [0.25, 0.3) is 5.95 Å². The van der Waals surface area contributed by atoms with Gasteiger partial charge in [-0.3, -0.25) is 0 Å². The number of rotatable bonds is 8. The predicted octanol–water partition coefficient (Wildman–Crippen LogP) is 4.75. The first-order valence-electron chi connectivity index (χ1n) is 14.3. The van der Waals surface area contributed by atoms with Gasteiger partial charge in [-0.1, -0.05) is 19.9 Å². The van der Waals surface area contributed by atoms with E-state index in [-0.39, 0.29) is 40.5 Å². The second kappa shape index (κ2) is 9.68. The zero-order chi connectivity index (χ0) is 29.3. The number of nitrogens with zero attached hydrogens (tertiary/aromatic N) is 7. The molecule has 218 valence electrons. The van der Waals surface area contributed by atoms with Gasteiger partial charge in [-0.15, -0.1) is 10.2 Å². The van der Waals surface area contributed by atoms with Gasteiger partial charge in [0.05, 0.1) is 39.6 Å². The van der Waals surface area contributed by atoms with Crippen LogP contribution in [0, 0.1) is 23.0 Å². The second-order valence-electron chi connectivity index (χ2n) is 12.5. The van der Waals surface area contributed by atoms with E-state index in [0.717, 1.165) is 49.1 Å². The molecule has 0 aliphatic heterocycles. The fourth-order valence-electron chi connectivity index (χ4n) is 7.01. The van der Waals surface area contributed by atoms with Crippen LogP contribution in [-0.2, 0) is 21.7 Å². The van der Waals surface area contributed by atoms with Crippen molar-refractivity contribution < 1.29 is 17.2 Å². The molecule has 12 heteroatoms. The van der Waals surface area contributed by atoms with E-state index in [1.807, 2.05) is 6.07 Å². The van der Waals surface area contributed by atoms with Crippen molar-refractivity contribution in [1.29, 1.82) is 0 Å². The molecule has 8 rings (SSSR count). The minimum absolute atomic E-state index is 0.0150. The Balaban J connectivity index is 1.23. The van der Waals surface area contributed by atoms with Gasteiger partial charge >= 0.3 is 0 Å². The van der Waals surface area contributed by atoms with E-state index >= 15 is 0 Å². The molecule has 2 saturated carbocycles. The van der Waals surface area contributed by atoms with Crippen LogP contribution in [0.25, 0.3) is 17.2 Å². The summed E-state index contributed by atoms with van der Waals surface area (Å²) in [5.41, 5.74) is 1.66. The van der Waals surface area contributed by atoms with E-state index in [2.05, 4.69) is 39.1 Å². The van der Waals surface area contributed by atoms with Crippen molar-refractivity contribution in [2.45, 2.75) is 63.7 Å². The predicted molar refractivity (Wildman–Crippen MR) is 151 cm³/mol. The first kappa shape index (κ1) is 27.2. The monoisotopic (exact) mass is 591 g/mol. The molecule has 1 aromatic carbocycles. The summed E-state index contributed by atoms with van der Waals surface area (Å²) in [5, 5.41) is 13.5. The van der Waals surface area contributed by atoms with E-state index < -0.39 is 26.9 Å². The SMILES string of the molecule is CC1(C)C[C@H]2CC[C@]1(c1ccnc(-n3cnc(CCS(=O)(=O)CC4CC4)n3)n1)c1nnc(-c3c(F)cccc3F)cc12. The maximum absolute atomic E-state index is 14.6. The summed E-state index contributed by atoms with van der Waals surface area (Å²) in [5.74, 6) is 0.142. The standard InChI is InChI=1S/C30H31F2N7O2S/c1-29(2)15-19-8-11-30(29,27-20(19)14-23(36-37-27)26-21(31)4-3-5-22(26)32)24-9-12-33-28(35-24)39-17-34-25(38-39)10-13-42(40,41)16-18-6-7-18/h3-5,9,12,14,17-19H,6-8,10-11,13,15-16H2,1-2H3/t19-,30+/m1/s1. The zero-order valence-corrected chi connectivity index (χ0v) is 24.3. The van der Waals surface area contributed by atoms with Crippen LogP contribution < -0.4 is 0 Å². The van der Waals surface area contributed by atoms with Crippen LogP contribution in [0.1, 0.15) is 74.6 Å². The number of halogens is 2. The van der Waals surface area contributed by atoms with Gasteiger partial charge in [-0.2, -0.15) is 9.78 Å². The lowest BCUT2D eigenvalue weighted by atomic mass is 9.47. The number of benzene rings is 1. The average molecular weight is 592 g/mol. The van der Waals surface area contributed by atoms with Crippen LogP contribution in [0.3, 0.4) is 0 Å². The molecule has 3 heterocycles. The van der Waals surface area contributed by atoms with Gasteiger partial charge in [0.1, 0.15) is 18.0 Å². The van der Waals surface area contributed by atoms with Crippen molar-refractivity contribution in [2.24, 2.45) is 11.3 Å². The molecule has 0 N–H and O–H groups in total. The number of fused-ring (bicyclic) bond motifs is 2. The van der Waals surface area contributed by atoms with Crippen molar-refractivity contribution in [1.82, 2.24) is 34.9 Å². The summed E-state index contributed by atoms with van der Waals surface area (Å²) in [4.78, 5) is 13.7. The van der Waals surface area contributed by atoms with Gasteiger partial charge in [0.15, 0.2) is 15.7 Å². The molecule has 4 aliphatic rings. The van der Waals surface area contributed by atoms with E-state index in [9.17, 15) is 17.2 Å². The molecule has 2 atom stereocenters. The molecule has 42 heavy (non-hydrogen) atoms. The molecule has 2 bridgehead atoms. The third-order valence-corrected chi connectivity index (χ3v) is 11.1. The summed E-state index contributed by atoms with van der Waals surface area (Å²) >= 11 is 0. The average Bonchev–Trinajstić information content (AvgIpc) is 3.62. The summed E-state index contributed by atoms with van der Waals surface area (Å²) in [6.07, 6.45) is 7.91. The van der Waals surface area contributed by atoms with Crippen LogP contribution in [0.5, 0.6) is 0 Å². The lowest BCUT2D eigenvalue weighted by molar-refractivity contribution is 0.0810. The van der Waals surface area contributed by atoms with Crippen molar-refractivity contribution >= 4 is 9.84 Å². The molecule has 4 aliphatic carbocycles. The Morgan fingerprint density at radius 2 is 1.83 bits per heavy atom. The summed E-state index contributed by atoms with van der Waals surface area (Å²) < 4.78 is 55.5. The van der Waals surface area contributed by atoms with Gasteiger partial charge < -0.3 is 0 Å². The fourth-order valence-corrected chi connectivity index (χ4v) is 8.73. The minimum Gasteiger partial charge on any atom is -0.229 e. The topological polar surface area (TPSA) is 116 Å². The Labute approximate surface area is 242 Å². The number of sulfone groups is 1. The summed E-state index contributed by atoms with van der Waals surface area (Å²) in [6, 6.07) is 7.46. The van der Waals surface area contributed by atoms with Crippen LogP contribution in [-0.4, -0.2) is 54.9 Å². The largest absolute Gasteiger partial charge is 0.252 e. The Bertz CT molecular complexity index is 1780. The van der Waals surface area contributed by atoms with E-state index in [1.165, 1.54) is 29.2 Å². The normalized spacial score (nSPS) is 22.7. The lowest BCUT2D eigenvalue weighted by Crippen LogP contribution is -2.53. The number of aromatic nitrogens is 7. The Hall–Kier alpha value is -3.67. The van der Waals surface area contributed by atoms with Crippen LogP contribution >= 0.6 is 0 Å². The molecular weight excluding hydrogens is 560 g/mol. The van der Waals surface area contributed by atoms with Crippen molar-refractivity contribution in [3.63, 3.8) is 0 Å². The molecular formula is C30H31F2N7O2S. The van der Waals surface area contributed by atoms with E-state index in [0.29, 0.717) is 17.7 Å². The third-order valence-electron chi connectivity index (χ3n) is 9.31. The highest BCUT2D eigenvalue weighted by atomic mass is 32.2. The van der Waals surface area contributed by atoms with Gasteiger partial charge in [-0.25, -0.2) is 32.2 Å². The van der Waals surface area contributed by atoms with E-state index in [4.69, 9.17) is 4.98 Å². The van der Waals surface area contributed by atoms with Crippen LogP contribution in [0.15, 0.2) is 42.9 Å². The Morgan fingerprint density at radius 1 is 1.05 bits per heavy atom. The first-order valence-corrected chi connectivity index (χ1v) is 16.2. The number of aryl methyl sites for hydroxylation is 1. The van der Waals surface area contributed by atoms with Gasteiger partial charge in [-0.05, 0) is 79.2 Å². The zero-order valence-electron chi connectivity index (χ0n) is 23.5. The maximum Gasteiger partial charge on any atom is 0.252 e. The van der Waals surface area contributed by atoms with Crippen molar-refractivity contribution in [2.75, 3.05) is 11.5 Å². The highest BCUT2D eigenvalue weighted by Crippen LogP contribution is 2.63. The van der Waals surface area contributed by atoms with Crippen molar-refractivity contribution in [3.8, 4) is 17.2 Å². The molecule has 4 aromatic rings. The molecule has 2 fully saturated rings. The summed E-state index contributed by atoms with van der Waals surface area (Å²) in [7, 11) is -3.14. The molecule has 0 radical (unpaired) electrons. The minimum atomic E-state index is -3.14. The van der Waals surface area contributed by atoms with Crippen LogP contribution in [0.2, 0.25) is 0 Å². The van der Waals surface area contributed by atoms with Gasteiger partial charge in [0, 0.05) is 12.6 Å². The van der Waals surface area contributed by atoms with Crippen LogP contribution in [0.4, 0.5) is 8.78 Å². The third kappa shape index (κ3) is 4.50. The lowest BCUT2D eigenvalue weighted by Gasteiger charge is -2.56. The highest BCUT2D eigenvalue weighted by Gasteiger charge is 2.59. The number of hydrogen-bond donors (Lipinski definition) is 0. The molecule has 9 nitrogen and oxygen atoms in total. The molecule has 0 saturated heterocycles. The maximum atomic E-state index is 14.6. The highest BCUT2D eigenvalue weighted by molar-refractivity contribution is 7.91. The summed E-state index contributed by atoms with van der Waals surface area (Å²) in [6.45, 7) is 4.40. The molecule has 3 aromatic heterocycles. The smallest absolute Gasteiger partial charge is 0.229 e. The number of hydrogen-bond acceptors (Lipinski definition) is 8. The van der Waals surface area contributed by atoms with Crippen molar-refractivity contribution in [3.05, 3.63) is 77.3 Å². The second-order valence-corrected chi connectivity index (χ2v) is 14.7. The Kier molecular flexibility index (Phi) is 6.27.